The zero-order valence-electron chi connectivity index (χ0n) is 18.4. The van der Waals surface area contributed by atoms with E-state index in [1.807, 2.05) is 72.2 Å². The highest BCUT2D eigenvalue weighted by Gasteiger charge is 2.15. The van der Waals surface area contributed by atoms with Crippen LogP contribution in [0.1, 0.15) is 25.3 Å². The molecule has 0 aliphatic carbocycles. The summed E-state index contributed by atoms with van der Waals surface area (Å²) in [6.07, 6.45) is 12.2. The minimum absolute atomic E-state index is 0.341. The first-order valence-electron chi connectivity index (χ1n) is 10.9. The van der Waals surface area contributed by atoms with E-state index in [4.69, 9.17) is 9.97 Å². The van der Waals surface area contributed by atoms with Crippen LogP contribution in [0.2, 0.25) is 0 Å². The normalized spacial score (nSPS) is 11.9. The zero-order chi connectivity index (χ0) is 22.9. The lowest BCUT2D eigenvalue weighted by molar-refractivity contribution is 0.475. The van der Waals surface area contributed by atoms with Gasteiger partial charge in [0, 0.05) is 24.6 Å². The van der Waals surface area contributed by atoms with Gasteiger partial charge in [0.25, 0.3) is 0 Å². The zero-order valence-corrected chi connectivity index (χ0v) is 18.4. The van der Waals surface area contributed by atoms with E-state index in [1.54, 1.807) is 18.6 Å². The number of para-hydroxylation sites is 1. The van der Waals surface area contributed by atoms with Gasteiger partial charge in [0.2, 0.25) is 11.9 Å². The number of nitrogens with zero attached hydrogens (tertiary/aromatic N) is 5. The van der Waals surface area contributed by atoms with Gasteiger partial charge in [0.05, 0.1) is 18.6 Å². The molecule has 0 amide bonds. The number of aromatic nitrogens is 5. The van der Waals surface area contributed by atoms with Gasteiger partial charge >= 0.3 is 0 Å². The van der Waals surface area contributed by atoms with Crippen molar-refractivity contribution in [2.24, 2.45) is 0 Å². The second kappa shape index (κ2) is 11.0. The molecule has 0 saturated heterocycles. The fraction of sp³-hybridized carbons (Fsp3) is 0.200. The molecule has 0 aliphatic heterocycles. The van der Waals surface area contributed by atoms with Gasteiger partial charge in [0.1, 0.15) is 5.52 Å². The highest BCUT2D eigenvalue weighted by atomic mass is 19.1. The number of rotatable bonds is 10. The molecule has 0 unspecified atom stereocenters. The third-order valence-electron chi connectivity index (χ3n) is 4.89. The van der Waals surface area contributed by atoms with E-state index in [0.29, 0.717) is 42.4 Å². The minimum Gasteiger partial charge on any atom is -0.350 e. The lowest BCUT2D eigenvalue weighted by atomic mass is 10.2. The van der Waals surface area contributed by atoms with E-state index < -0.39 is 0 Å². The largest absolute Gasteiger partial charge is 0.350 e. The van der Waals surface area contributed by atoms with Crippen LogP contribution < -0.4 is 10.6 Å². The molecule has 0 fully saturated rings. The van der Waals surface area contributed by atoms with Crippen LogP contribution in [-0.4, -0.2) is 31.2 Å². The Morgan fingerprint density at radius 1 is 1.09 bits per heavy atom. The number of nitrogens with one attached hydrogen (secondary N) is 2. The quantitative estimate of drug-likeness (QED) is 0.251. The molecule has 4 rings (SSSR count). The van der Waals surface area contributed by atoms with Crippen LogP contribution in [0.25, 0.3) is 16.9 Å². The molecule has 0 bridgehead atoms. The molecule has 0 radical (unpaired) electrons. The van der Waals surface area contributed by atoms with Crippen LogP contribution in [0.4, 0.5) is 16.3 Å². The molecule has 0 saturated carbocycles. The Labute approximate surface area is 192 Å². The maximum Gasteiger partial charge on any atom is 0.225 e. The smallest absolute Gasteiger partial charge is 0.225 e. The molecule has 0 aliphatic rings. The van der Waals surface area contributed by atoms with Crippen molar-refractivity contribution >= 4 is 23.1 Å². The topological polar surface area (TPSA) is 80.6 Å². The molecular formula is C25H26FN7. The summed E-state index contributed by atoms with van der Waals surface area (Å²) in [6, 6.07) is 13.8. The fourth-order valence-electron chi connectivity index (χ4n) is 3.35. The van der Waals surface area contributed by atoms with Crippen molar-refractivity contribution in [2.75, 3.05) is 17.3 Å². The number of alkyl halides is 1. The first-order chi connectivity index (χ1) is 16.3. The lowest BCUT2D eigenvalue weighted by Crippen LogP contribution is -2.07. The van der Waals surface area contributed by atoms with Crippen molar-refractivity contribution in [3.05, 3.63) is 90.5 Å². The summed E-state index contributed by atoms with van der Waals surface area (Å²) in [7, 11) is 0. The molecule has 168 valence electrons. The van der Waals surface area contributed by atoms with Crippen molar-refractivity contribution in [1.29, 1.82) is 0 Å². The van der Waals surface area contributed by atoms with E-state index >= 15 is 0 Å². The number of benzene rings is 1. The number of hydrogen-bond acceptors (Lipinski definition) is 6. The molecule has 4 aromatic rings. The molecule has 2 N–H and O–H groups in total. The Hall–Kier alpha value is -4.07. The van der Waals surface area contributed by atoms with E-state index in [9.17, 15) is 4.39 Å². The Bertz CT molecular complexity index is 1230. The van der Waals surface area contributed by atoms with Crippen LogP contribution in [0.3, 0.4) is 0 Å². The second-order valence-corrected chi connectivity index (χ2v) is 7.34. The fourth-order valence-corrected chi connectivity index (χ4v) is 3.35. The number of pyridine rings is 1. The third kappa shape index (κ3) is 5.60. The maximum atomic E-state index is 12.6. The Morgan fingerprint density at radius 3 is 2.73 bits per heavy atom. The predicted octanol–water partition coefficient (Wildman–Crippen LogP) is 5.44. The van der Waals surface area contributed by atoms with Crippen molar-refractivity contribution in [3.8, 4) is 5.69 Å². The van der Waals surface area contributed by atoms with Crippen molar-refractivity contribution in [2.45, 2.75) is 26.3 Å². The summed E-state index contributed by atoms with van der Waals surface area (Å²) in [5, 5.41) is 6.63. The Kier molecular flexibility index (Phi) is 7.37. The summed E-state index contributed by atoms with van der Waals surface area (Å²) >= 11 is 0. The number of halogens is 1. The lowest BCUT2D eigenvalue weighted by Gasteiger charge is -2.11. The molecule has 3 heterocycles. The van der Waals surface area contributed by atoms with Gasteiger partial charge in [-0.1, -0.05) is 36.4 Å². The number of anilines is 2. The van der Waals surface area contributed by atoms with Crippen LogP contribution in [0.15, 0.2) is 85.0 Å². The monoisotopic (exact) mass is 443 g/mol. The molecule has 7 nitrogen and oxygen atoms in total. The standard InChI is InChI=1S/C25H26FN7/c1-2-9-20(11-6-7-14-26)30-25-31-22-18-29-24(28-17-19-10-8-15-27-16-19)32-23(22)33(25)21-12-4-3-5-13-21/h2-5,8-13,15-16,18H,6-7,14,17H2,1H3,(H,30,31)(H,28,29,32)/b9-2-,20-11+. The number of hydrogen-bond donors (Lipinski definition) is 2. The van der Waals surface area contributed by atoms with Gasteiger partial charge in [-0.05, 0) is 49.6 Å². The number of allylic oxidation sites excluding steroid dienone is 3. The van der Waals surface area contributed by atoms with Gasteiger partial charge in [-0.3, -0.25) is 13.9 Å². The number of unbranched alkanes of at least 4 members (excludes halogenated alkanes) is 1. The van der Waals surface area contributed by atoms with Crippen molar-refractivity contribution < 1.29 is 4.39 Å². The minimum atomic E-state index is -0.341. The third-order valence-corrected chi connectivity index (χ3v) is 4.89. The van der Waals surface area contributed by atoms with Crippen LogP contribution >= 0.6 is 0 Å². The maximum absolute atomic E-state index is 12.6. The first-order valence-corrected chi connectivity index (χ1v) is 10.9. The number of imidazole rings is 1. The van der Waals surface area contributed by atoms with Crippen LogP contribution in [-0.2, 0) is 6.54 Å². The molecule has 33 heavy (non-hydrogen) atoms. The summed E-state index contributed by atoms with van der Waals surface area (Å²) in [5.41, 5.74) is 4.15. The Balaban J connectivity index is 1.71. The molecule has 3 aromatic heterocycles. The van der Waals surface area contributed by atoms with Crippen LogP contribution in [0.5, 0.6) is 0 Å². The van der Waals surface area contributed by atoms with Gasteiger partial charge in [0.15, 0.2) is 5.65 Å². The molecular weight excluding hydrogens is 417 g/mol. The summed E-state index contributed by atoms with van der Waals surface area (Å²) in [5.74, 6) is 1.11. The summed E-state index contributed by atoms with van der Waals surface area (Å²) in [6.45, 7) is 2.16. The van der Waals surface area contributed by atoms with E-state index in [-0.39, 0.29) is 6.67 Å². The van der Waals surface area contributed by atoms with E-state index in [2.05, 4.69) is 20.6 Å². The van der Waals surface area contributed by atoms with Gasteiger partial charge in [-0.25, -0.2) is 9.97 Å². The molecule has 1 aromatic carbocycles. The summed E-state index contributed by atoms with van der Waals surface area (Å²) < 4.78 is 14.5. The summed E-state index contributed by atoms with van der Waals surface area (Å²) in [4.78, 5) is 18.1. The first kappa shape index (κ1) is 22.1. The Morgan fingerprint density at radius 2 is 1.97 bits per heavy atom. The molecule has 0 spiro atoms. The SMILES string of the molecule is C/C=C\C(=C/CCCF)Nc1nc2cnc(NCc3cccnc3)nc2n1-c1ccccc1. The average Bonchev–Trinajstić information content (AvgIpc) is 3.21. The average molecular weight is 444 g/mol. The van der Waals surface area contributed by atoms with E-state index in [0.717, 1.165) is 16.9 Å². The number of fused-ring (bicyclic) bond motifs is 1. The van der Waals surface area contributed by atoms with Gasteiger partial charge in [-0.2, -0.15) is 4.98 Å². The second-order valence-electron chi connectivity index (χ2n) is 7.34. The molecule has 0 atom stereocenters. The van der Waals surface area contributed by atoms with Gasteiger partial charge in [-0.15, -0.1) is 0 Å². The van der Waals surface area contributed by atoms with Crippen molar-refractivity contribution in [1.82, 2.24) is 24.5 Å². The van der Waals surface area contributed by atoms with E-state index in [1.165, 1.54) is 0 Å². The van der Waals surface area contributed by atoms with Crippen LogP contribution in [0, 0.1) is 0 Å². The van der Waals surface area contributed by atoms with Crippen molar-refractivity contribution in [3.63, 3.8) is 0 Å². The molecule has 8 heteroatoms. The highest BCUT2D eigenvalue weighted by molar-refractivity contribution is 5.78. The highest BCUT2D eigenvalue weighted by Crippen LogP contribution is 2.25. The van der Waals surface area contributed by atoms with Gasteiger partial charge < -0.3 is 10.6 Å². The predicted molar refractivity (Wildman–Crippen MR) is 130 cm³/mol.